The van der Waals surface area contributed by atoms with Crippen molar-refractivity contribution in [3.63, 3.8) is 0 Å². The van der Waals surface area contributed by atoms with Crippen molar-refractivity contribution in [2.45, 2.75) is 45.8 Å². The number of hydrogen-bond acceptors (Lipinski definition) is 6. The Morgan fingerprint density at radius 2 is 1.89 bits per heavy atom. The van der Waals surface area contributed by atoms with Crippen LogP contribution >= 0.6 is 11.3 Å². The number of likely N-dealkylation sites (tertiary alicyclic amines) is 1. The van der Waals surface area contributed by atoms with Crippen molar-refractivity contribution in [1.29, 1.82) is 0 Å². The molecule has 0 radical (unpaired) electrons. The number of aromatic nitrogens is 2. The van der Waals surface area contributed by atoms with E-state index in [0.29, 0.717) is 25.6 Å². The molecule has 0 unspecified atom stereocenters. The number of benzene rings is 2. The van der Waals surface area contributed by atoms with Crippen molar-refractivity contribution < 1.29 is 13.9 Å². The Bertz CT molecular complexity index is 1380. The van der Waals surface area contributed by atoms with Gasteiger partial charge in [0.1, 0.15) is 11.4 Å². The molecule has 0 spiro atoms. The van der Waals surface area contributed by atoms with Crippen molar-refractivity contribution in [3.05, 3.63) is 65.6 Å². The van der Waals surface area contributed by atoms with E-state index in [1.807, 2.05) is 43.3 Å². The summed E-state index contributed by atoms with van der Waals surface area (Å²) in [5.41, 5.74) is 5.23. The van der Waals surface area contributed by atoms with Gasteiger partial charge in [-0.05, 0) is 82.0 Å². The summed E-state index contributed by atoms with van der Waals surface area (Å²) in [6.45, 7) is 8.58. The zero-order valence-corrected chi connectivity index (χ0v) is 21.7. The number of thiazole rings is 1. The number of anilines is 1. The smallest absolute Gasteiger partial charge is 0.410 e. The van der Waals surface area contributed by atoms with Gasteiger partial charge >= 0.3 is 6.09 Å². The van der Waals surface area contributed by atoms with Crippen molar-refractivity contribution in [1.82, 2.24) is 14.9 Å². The molecule has 5 rings (SSSR count). The van der Waals surface area contributed by atoms with E-state index in [2.05, 4.69) is 28.1 Å². The summed E-state index contributed by atoms with van der Waals surface area (Å²) >= 11 is 1.64. The van der Waals surface area contributed by atoms with Gasteiger partial charge in [-0.1, -0.05) is 6.07 Å². The van der Waals surface area contributed by atoms with Crippen LogP contribution in [0.4, 0.5) is 14.9 Å². The van der Waals surface area contributed by atoms with Gasteiger partial charge in [0.15, 0.2) is 0 Å². The number of carbonyl (C=O) groups is 1. The SMILES string of the molecule is CC(C)(C)OC(=O)N1CCC(CN(Cc2ccc3cc(F)ccc3n2)c2ccc3ncsc3c2)CC1. The molecule has 188 valence electrons. The second-order valence-corrected chi connectivity index (χ2v) is 11.3. The lowest BCUT2D eigenvalue weighted by atomic mass is 9.96. The highest BCUT2D eigenvalue weighted by atomic mass is 32.1. The summed E-state index contributed by atoms with van der Waals surface area (Å²) in [6.07, 6.45) is 1.61. The number of nitrogens with zero attached hydrogens (tertiary/aromatic N) is 4. The van der Waals surface area contributed by atoms with Gasteiger partial charge in [0.05, 0.1) is 33.5 Å². The van der Waals surface area contributed by atoms with Crippen LogP contribution in [0.1, 0.15) is 39.3 Å². The Balaban J connectivity index is 1.34. The van der Waals surface area contributed by atoms with Gasteiger partial charge in [0, 0.05) is 30.7 Å². The van der Waals surface area contributed by atoms with Crippen LogP contribution in [-0.2, 0) is 11.3 Å². The first-order valence-corrected chi connectivity index (χ1v) is 13.2. The largest absolute Gasteiger partial charge is 0.444 e. The third-order valence-electron chi connectivity index (χ3n) is 6.49. The predicted molar refractivity (Wildman–Crippen MR) is 143 cm³/mol. The molecule has 4 aromatic rings. The molecule has 0 atom stereocenters. The lowest BCUT2D eigenvalue weighted by molar-refractivity contribution is 0.0186. The predicted octanol–water partition coefficient (Wildman–Crippen LogP) is 6.64. The Morgan fingerprint density at radius 1 is 1.11 bits per heavy atom. The minimum atomic E-state index is -0.487. The fourth-order valence-electron chi connectivity index (χ4n) is 4.66. The summed E-state index contributed by atoms with van der Waals surface area (Å²) in [6, 6.07) is 15.0. The summed E-state index contributed by atoms with van der Waals surface area (Å²) < 4.78 is 20.3. The molecule has 1 fully saturated rings. The van der Waals surface area contributed by atoms with E-state index < -0.39 is 5.60 Å². The Labute approximate surface area is 214 Å². The van der Waals surface area contributed by atoms with E-state index in [1.54, 1.807) is 17.4 Å². The second-order valence-electron chi connectivity index (χ2n) is 10.4. The highest BCUT2D eigenvalue weighted by Crippen LogP contribution is 2.29. The normalized spacial score (nSPS) is 14.9. The molecule has 0 bridgehead atoms. The van der Waals surface area contributed by atoms with Gasteiger partial charge in [-0.15, -0.1) is 11.3 Å². The number of piperidine rings is 1. The Morgan fingerprint density at radius 3 is 2.67 bits per heavy atom. The van der Waals surface area contributed by atoms with Crippen molar-refractivity contribution in [3.8, 4) is 0 Å². The zero-order chi connectivity index (χ0) is 25.3. The standard InChI is InChI=1S/C28H31FN4O2S/c1-28(2,3)35-27(34)32-12-10-19(11-13-32)16-33(23-7-9-25-26(15-23)36-18-30-25)17-22-6-4-20-14-21(29)5-8-24(20)31-22/h4-9,14-15,18-19H,10-13,16-17H2,1-3H3. The number of hydrogen-bond donors (Lipinski definition) is 0. The zero-order valence-electron chi connectivity index (χ0n) is 20.9. The van der Waals surface area contributed by atoms with Crippen LogP contribution in [-0.4, -0.2) is 46.2 Å². The second kappa shape index (κ2) is 10.0. The van der Waals surface area contributed by atoms with E-state index in [4.69, 9.17) is 9.72 Å². The van der Waals surface area contributed by atoms with Crippen molar-refractivity contribution in [2.24, 2.45) is 5.92 Å². The summed E-state index contributed by atoms with van der Waals surface area (Å²) in [5, 5.41) is 0.797. The Kier molecular flexibility index (Phi) is 6.79. The number of fused-ring (bicyclic) bond motifs is 2. The lowest BCUT2D eigenvalue weighted by Gasteiger charge is -2.36. The van der Waals surface area contributed by atoms with Crippen LogP contribution in [0.15, 0.2) is 54.0 Å². The third kappa shape index (κ3) is 5.75. The topological polar surface area (TPSA) is 58.6 Å². The van der Waals surface area contributed by atoms with Crippen LogP contribution in [0.5, 0.6) is 0 Å². The Hall–Kier alpha value is -3.26. The number of halogens is 1. The molecule has 8 heteroatoms. The average molecular weight is 507 g/mol. The molecule has 3 heterocycles. The third-order valence-corrected chi connectivity index (χ3v) is 7.28. The summed E-state index contributed by atoms with van der Waals surface area (Å²) in [7, 11) is 0. The van der Waals surface area contributed by atoms with Gasteiger partial charge in [0.2, 0.25) is 0 Å². The number of amides is 1. The number of ether oxygens (including phenoxy) is 1. The lowest BCUT2D eigenvalue weighted by Crippen LogP contribution is -2.43. The summed E-state index contributed by atoms with van der Waals surface area (Å²) in [5.74, 6) is 0.185. The van der Waals surface area contributed by atoms with Crippen LogP contribution in [0.3, 0.4) is 0 Å². The fraction of sp³-hybridized carbons (Fsp3) is 0.393. The van der Waals surface area contributed by atoms with Gasteiger partial charge in [-0.25, -0.2) is 14.2 Å². The maximum Gasteiger partial charge on any atom is 0.410 e. The van der Waals surface area contributed by atoms with Crippen LogP contribution in [0.25, 0.3) is 21.1 Å². The van der Waals surface area contributed by atoms with E-state index >= 15 is 0 Å². The van der Waals surface area contributed by atoms with Crippen LogP contribution < -0.4 is 4.90 Å². The average Bonchev–Trinajstić information content (AvgIpc) is 3.31. The minimum Gasteiger partial charge on any atom is -0.444 e. The van der Waals surface area contributed by atoms with Crippen molar-refractivity contribution >= 4 is 44.2 Å². The molecular weight excluding hydrogens is 475 g/mol. The molecule has 0 N–H and O–H groups in total. The van der Waals surface area contributed by atoms with E-state index in [0.717, 1.165) is 51.9 Å². The number of pyridine rings is 1. The van der Waals surface area contributed by atoms with Gasteiger partial charge in [-0.2, -0.15) is 0 Å². The first kappa shape index (κ1) is 24.4. The minimum absolute atomic E-state index is 0.231. The molecule has 1 aliphatic rings. The van der Waals surface area contributed by atoms with E-state index in [9.17, 15) is 9.18 Å². The highest BCUT2D eigenvalue weighted by molar-refractivity contribution is 7.16. The van der Waals surface area contributed by atoms with Crippen molar-refractivity contribution in [2.75, 3.05) is 24.5 Å². The molecule has 1 amide bonds. The molecule has 36 heavy (non-hydrogen) atoms. The molecule has 1 saturated heterocycles. The number of carbonyl (C=O) groups excluding carboxylic acids is 1. The van der Waals surface area contributed by atoms with Crippen LogP contribution in [0.2, 0.25) is 0 Å². The molecule has 0 saturated carbocycles. The maximum absolute atomic E-state index is 13.6. The molecule has 1 aliphatic heterocycles. The molecule has 2 aromatic carbocycles. The molecular formula is C28H31FN4O2S. The fourth-order valence-corrected chi connectivity index (χ4v) is 5.37. The van der Waals surface area contributed by atoms with E-state index in [-0.39, 0.29) is 11.9 Å². The first-order chi connectivity index (χ1) is 17.2. The highest BCUT2D eigenvalue weighted by Gasteiger charge is 2.28. The maximum atomic E-state index is 13.6. The molecule has 2 aromatic heterocycles. The molecule has 0 aliphatic carbocycles. The van der Waals surface area contributed by atoms with E-state index in [1.165, 1.54) is 12.1 Å². The van der Waals surface area contributed by atoms with Crippen LogP contribution in [0, 0.1) is 11.7 Å². The van der Waals surface area contributed by atoms with Gasteiger partial charge in [0.25, 0.3) is 0 Å². The quantitative estimate of drug-likeness (QED) is 0.304. The monoisotopic (exact) mass is 506 g/mol. The first-order valence-electron chi connectivity index (χ1n) is 12.3. The van der Waals surface area contributed by atoms with Gasteiger partial charge < -0.3 is 14.5 Å². The molecule has 6 nitrogen and oxygen atoms in total. The van der Waals surface area contributed by atoms with Gasteiger partial charge in [-0.3, -0.25) is 4.98 Å². The number of rotatable bonds is 5. The summed E-state index contributed by atoms with van der Waals surface area (Å²) in [4.78, 5) is 25.9.